The van der Waals surface area contributed by atoms with Crippen molar-refractivity contribution >= 4 is 10.2 Å². The SMILES string of the molecule is CC(C)(C)[N]S(N)(=O)=O. The van der Waals surface area contributed by atoms with Crippen LogP contribution in [-0.2, 0) is 10.2 Å². The Bertz CT molecular complexity index is 177. The van der Waals surface area contributed by atoms with Gasteiger partial charge in [-0.2, -0.15) is 8.42 Å². The molecule has 4 nitrogen and oxygen atoms in total. The Labute approximate surface area is 55.6 Å². The quantitative estimate of drug-likeness (QED) is 0.553. The van der Waals surface area contributed by atoms with Gasteiger partial charge in [0.25, 0.3) is 10.2 Å². The molecule has 1 radical (unpaired) electrons. The van der Waals surface area contributed by atoms with Crippen LogP contribution in [0.5, 0.6) is 0 Å². The molecule has 0 spiro atoms. The molecule has 0 bridgehead atoms. The number of hydrogen-bond acceptors (Lipinski definition) is 2. The van der Waals surface area contributed by atoms with Gasteiger partial charge in [-0.25, -0.2) is 5.14 Å². The van der Waals surface area contributed by atoms with E-state index >= 15 is 0 Å². The second kappa shape index (κ2) is 2.24. The first kappa shape index (κ1) is 8.87. The molecule has 0 unspecified atom stereocenters. The largest absolute Gasteiger partial charge is 0.291 e. The highest BCUT2D eigenvalue weighted by atomic mass is 32.2. The van der Waals surface area contributed by atoms with Crippen LogP contribution < -0.4 is 9.86 Å². The van der Waals surface area contributed by atoms with Crippen molar-refractivity contribution in [1.29, 1.82) is 0 Å². The lowest BCUT2D eigenvalue weighted by Crippen LogP contribution is -2.37. The summed E-state index contributed by atoms with van der Waals surface area (Å²) >= 11 is 0. The molecule has 9 heavy (non-hydrogen) atoms. The fourth-order valence-electron chi connectivity index (χ4n) is 0.382. The van der Waals surface area contributed by atoms with Gasteiger partial charge in [0.15, 0.2) is 0 Å². The van der Waals surface area contributed by atoms with Gasteiger partial charge in [0, 0.05) is 5.54 Å². The van der Waals surface area contributed by atoms with Gasteiger partial charge in [-0.1, -0.05) is 0 Å². The standard InChI is InChI=1S/C4H11N2O2S/c1-4(2,3)6-9(5,7)8/h1-3H3,(H2,5,7,8). The van der Waals surface area contributed by atoms with E-state index in [1.54, 1.807) is 20.8 Å². The third-order valence-corrected chi connectivity index (χ3v) is 1.20. The third-order valence-electron chi connectivity index (χ3n) is 0.401. The molecule has 0 aliphatic heterocycles. The average molecular weight is 151 g/mol. The summed E-state index contributed by atoms with van der Waals surface area (Å²) in [6.07, 6.45) is 0. The second-order valence-electron chi connectivity index (χ2n) is 2.78. The Kier molecular flexibility index (Phi) is 2.21. The Balaban J connectivity index is 4.07. The van der Waals surface area contributed by atoms with Gasteiger partial charge in [0.2, 0.25) is 0 Å². The molecule has 0 aromatic heterocycles. The molecule has 0 aromatic rings. The van der Waals surface area contributed by atoms with Crippen LogP contribution in [0.3, 0.4) is 0 Å². The van der Waals surface area contributed by atoms with E-state index in [4.69, 9.17) is 0 Å². The van der Waals surface area contributed by atoms with Crippen molar-refractivity contribution in [1.82, 2.24) is 4.72 Å². The zero-order valence-corrected chi connectivity index (χ0v) is 6.57. The highest BCUT2D eigenvalue weighted by molar-refractivity contribution is 7.87. The van der Waals surface area contributed by atoms with Crippen molar-refractivity contribution in [3.63, 3.8) is 0 Å². The highest BCUT2D eigenvalue weighted by Crippen LogP contribution is 2.01. The summed E-state index contributed by atoms with van der Waals surface area (Å²) < 4.78 is 23.8. The van der Waals surface area contributed by atoms with E-state index in [0.717, 1.165) is 0 Å². The predicted octanol–water partition coefficient (Wildman–Crippen LogP) is -0.407. The summed E-state index contributed by atoms with van der Waals surface area (Å²) in [5.41, 5.74) is -0.604. The molecule has 0 rings (SSSR count). The lowest BCUT2D eigenvalue weighted by atomic mass is 10.1. The van der Waals surface area contributed by atoms with Crippen LogP contribution in [0.15, 0.2) is 0 Å². The van der Waals surface area contributed by atoms with E-state index in [2.05, 4.69) is 9.86 Å². The molecule has 0 aliphatic carbocycles. The smallest absolute Gasteiger partial charge is 0.214 e. The third kappa shape index (κ3) is 7.87. The minimum absolute atomic E-state index is 0.604. The maximum absolute atomic E-state index is 10.3. The van der Waals surface area contributed by atoms with Gasteiger partial charge in [-0.15, -0.1) is 4.72 Å². The van der Waals surface area contributed by atoms with Crippen molar-refractivity contribution in [2.45, 2.75) is 26.3 Å². The number of hydrogen-bond donors (Lipinski definition) is 1. The summed E-state index contributed by atoms with van der Waals surface area (Å²) in [4.78, 5) is 0. The monoisotopic (exact) mass is 151 g/mol. The molecule has 0 saturated heterocycles. The van der Waals surface area contributed by atoms with Gasteiger partial charge in [-0.05, 0) is 20.8 Å². The zero-order chi connectivity index (χ0) is 7.71. The van der Waals surface area contributed by atoms with E-state index in [0.29, 0.717) is 0 Å². The first-order chi connectivity index (χ1) is 3.71. The molecule has 0 aliphatic rings. The van der Waals surface area contributed by atoms with E-state index < -0.39 is 15.7 Å². The molecule has 0 heterocycles. The first-order valence-electron chi connectivity index (χ1n) is 2.48. The molecule has 5 heteroatoms. The van der Waals surface area contributed by atoms with Crippen molar-refractivity contribution in [3.05, 3.63) is 0 Å². The minimum atomic E-state index is -3.66. The maximum atomic E-state index is 10.3. The maximum Gasteiger partial charge on any atom is 0.291 e. The van der Waals surface area contributed by atoms with Crippen LogP contribution in [0, 0.1) is 0 Å². The van der Waals surface area contributed by atoms with Crippen molar-refractivity contribution in [2.24, 2.45) is 5.14 Å². The summed E-state index contributed by atoms with van der Waals surface area (Å²) in [5.74, 6) is 0. The van der Waals surface area contributed by atoms with Crippen molar-refractivity contribution in [2.75, 3.05) is 0 Å². The number of nitrogens with zero attached hydrogens (tertiary/aromatic N) is 1. The van der Waals surface area contributed by atoms with Crippen LogP contribution in [0.1, 0.15) is 20.8 Å². The molecule has 0 fully saturated rings. The first-order valence-corrected chi connectivity index (χ1v) is 3.98. The average Bonchev–Trinajstić information content (AvgIpc) is 1.14. The summed E-state index contributed by atoms with van der Waals surface area (Å²) in [5, 5.41) is 4.63. The van der Waals surface area contributed by atoms with Crippen LogP contribution in [0.4, 0.5) is 0 Å². The fraction of sp³-hybridized carbons (Fsp3) is 1.00. The van der Waals surface area contributed by atoms with E-state index in [1.165, 1.54) is 0 Å². The summed E-state index contributed by atoms with van der Waals surface area (Å²) in [6, 6.07) is 0. The Morgan fingerprint density at radius 2 is 1.67 bits per heavy atom. The summed E-state index contributed by atoms with van der Waals surface area (Å²) in [6.45, 7) is 4.99. The summed E-state index contributed by atoms with van der Waals surface area (Å²) in [7, 11) is -3.66. The van der Waals surface area contributed by atoms with Gasteiger partial charge in [0.05, 0.1) is 0 Å². The minimum Gasteiger partial charge on any atom is -0.214 e. The molecular formula is C4H11N2O2S. The number of nitrogens with two attached hydrogens (primary N) is 1. The topological polar surface area (TPSA) is 74.3 Å². The fourth-order valence-corrected chi connectivity index (χ4v) is 1.15. The molecule has 2 N–H and O–H groups in total. The second-order valence-corrected chi connectivity index (χ2v) is 3.99. The van der Waals surface area contributed by atoms with Gasteiger partial charge >= 0.3 is 0 Å². The highest BCUT2D eigenvalue weighted by Gasteiger charge is 2.17. The lowest BCUT2D eigenvalue weighted by Gasteiger charge is -2.14. The predicted molar refractivity (Wildman–Crippen MR) is 35.0 cm³/mol. The molecule has 0 aromatic carbocycles. The van der Waals surface area contributed by atoms with Crippen LogP contribution in [0.2, 0.25) is 0 Å². The van der Waals surface area contributed by atoms with Gasteiger partial charge < -0.3 is 0 Å². The molecule has 0 saturated carbocycles. The van der Waals surface area contributed by atoms with Crippen molar-refractivity contribution in [3.8, 4) is 0 Å². The lowest BCUT2D eigenvalue weighted by molar-refractivity contribution is 0.485. The zero-order valence-electron chi connectivity index (χ0n) is 5.75. The molecule has 0 atom stereocenters. The van der Waals surface area contributed by atoms with E-state index in [-0.39, 0.29) is 0 Å². The number of rotatable bonds is 1. The Hall–Kier alpha value is -0.130. The molecular weight excluding hydrogens is 140 g/mol. The molecule has 0 amide bonds. The van der Waals surface area contributed by atoms with Crippen molar-refractivity contribution < 1.29 is 8.42 Å². The Morgan fingerprint density at radius 1 is 1.33 bits per heavy atom. The van der Waals surface area contributed by atoms with Crippen LogP contribution in [-0.4, -0.2) is 14.0 Å². The Morgan fingerprint density at radius 3 is 1.67 bits per heavy atom. The van der Waals surface area contributed by atoms with Crippen LogP contribution in [0.25, 0.3) is 0 Å². The normalized spacial score (nSPS) is 13.8. The van der Waals surface area contributed by atoms with E-state index in [9.17, 15) is 8.42 Å². The van der Waals surface area contributed by atoms with Gasteiger partial charge in [0.1, 0.15) is 0 Å². The van der Waals surface area contributed by atoms with E-state index in [1.807, 2.05) is 0 Å². The molecule has 55 valence electrons. The van der Waals surface area contributed by atoms with Gasteiger partial charge in [-0.3, -0.25) is 0 Å². The van der Waals surface area contributed by atoms with Crippen LogP contribution >= 0.6 is 0 Å².